The predicted molar refractivity (Wildman–Crippen MR) is 90.0 cm³/mol. The summed E-state index contributed by atoms with van der Waals surface area (Å²) in [5.74, 6) is 0.929. The van der Waals surface area contributed by atoms with Crippen molar-refractivity contribution >= 4 is 44.7 Å². The third-order valence-corrected chi connectivity index (χ3v) is 4.58. The lowest BCUT2D eigenvalue weighted by atomic mass is 10.2. The Labute approximate surface area is 140 Å². The van der Waals surface area contributed by atoms with Gasteiger partial charge in [-0.3, -0.25) is 4.79 Å². The van der Waals surface area contributed by atoms with Crippen LogP contribution in [0.5, 0.6) is 11.5 Å². The van der Waals surface area contributed by atoms with Gasteiger partial charge >= 0.3 is 0 Å². The molecule has 1 aliphatic rings. The number of hydrogen-bond donors (Lipinski definition) is 1. The van der Waals surface area contributed by atoms with Gasteiger partial charge < -0.3 is 14.8 Å². The molecule has 4 rings (SSSR count). The number of amides is 1. The maximum atomic E-state index is 12.4. The molecule has 0 unspecified atom stereocenters. The summed E-state index contributed by atoms with van der Waals surface area (Å²) >= 11 is 7.71. The molecule has 1 aliphatic heterocycles. The standard InChI is InChI=1S/C16H11ClN2O3S/c17-10-6-13-14(22-4-3-21-13)7-12(10)19-16(20)9-1-2-11-15(5-9)23-8-18-11/h1-2,5-8H,3-4H2,(H,19,20). The van der Waals surface area contributed by atoms with Crippen molar-refractivity contribution < 1.29 is 14.3 Å². The Morgan fingerprint density at radius 2 is 1.96 bits per heavy atom. The van der Waals surface area contributed by atoms with Gasteiger partial charge in [0.05, 0.1) is 26.4 Å². The number of ether oxygens (including phenoxy) is 2. The zero-order valence-electron chi connectivity index (χ0n) is 11.8. The van der Waals surface area contributed by atoms with E-state index >= 15 is 0 Å². The van der Waals surface area contributed by atoms with Crippen molar-refractivity contribution in [2.75, 3.05) is 18.5 Å². The van der Waals surface area contributed by atoms with Gasteiger partial charge in [0.25, 0.3) is 5.91 Å². The second-order valence-electron chi connectivity index (χ2n) is 4.96. The van der Waals surface area contributed by atoms with E-state index in [0.29, 0.717) is 41.0 Å². The molecule has 1 N–H and O–H groups in total. The Balaban J connectivity index is 1.63. The van der Waals surface area contributed by atoms with E-state index in [1.54, 1.807) is 23.7 Å². The molecular formula is C16H11ClN2O3S. The first-order chi connectivity index (χ1) is 11.2. The van der Waals surface area contributed by atoms with Crippen molar-refractivity contribution in [3.8, 4) is 11.5 Å². The fraction of sp³-hybridized carbons (Fsp3) is 0.125. The van der Waals surface area contributed by atoms with Crippen molar-refractivity contribution in [3.05, 3.63) is 46.4 Å². The Bertz CT molecular complexity index is 909. The Hall–Kier alpha value is -2.31. The highest BCUT2D eigenvalue weighted by molar-refractivity contribution is 7.16. The lowest BCUT2D eigenvalue weighted by molar-refractivity contribution is 0.102. The summed E-state index contributed by atoms with van der Waals surface area (Å²) in [5, 5.41) is 3.22. The quantitative estimate of drug-likeness (QED) is 0.762. The van der Waals surface area contributed by atoms with Crippen LogP contribution in [-0.4, -0.2) is 24.1 Å². The van der Waals surface area contributed by atoms with Crippen molar-refractivity contribution in [3.63, 3.8) is 0 Å². The van der Waals surface area contributed by atoms with Gasteiger partial charge in [-0.15, -0.1) is 11.3 Å². The maximum Gasteiger partial charge on any atom is 0.255 e. The minimum atomic E-state index is -0.237. The van der Waals surface area contributed by atoms with Gasteiger partial charge in [-0.25, -0.2) is 4.98 Å². The van der Waals surface area contributed by atoms with Crippen LogP contribution >= 0.6 is 22.9 Å². The molecule has 1 amide bonds. The van der Waals surface area contributed by atoms with Crippen LogP contribution in [0, 0.1) is 0 Å². The minimum Gasteiger partial charge on any atom is -0.486 e. The summed E-state index contributed by atoms with van der Waals surface area (Å²) in [6.07, 6.45) is 0. The summed E-state index contributed by atoms with van der Waals surface area (Å²) in [6, 6.07) is 8.71. The predicted octanol–water partition coefficient (Wildman–Crippen LogP) is 3.97. The third-order valence-electron chi connectivity index (χ3n) is 3.47. The zero-order valence-corrected chi connectivity index (χ0v) is 13.4. The normalized spacial score (nSPS) is 13.1. The molecule has 0 spiro atoms. The average Bonchev–Trinajstić information content (AvgIpc) is 3.03. The number of nitrogens with zero attached hydrogens (tertiary/aromatic N) is 1. The van der Waals surface area contributed by atoms with Crippen LogP contribution in [-0.2, 0) is 0 Å². The molecule has 5 nitrogen and oxygen atoms in total. The van der Waals surface area contributed by atoms with E-state index in [4.69, 9.17) is 21.1 Å². The molecule has 0 radical (unpaired) electrons. The fourth-order valence-corrected chi connectivity index (χ4v) is 3.27. The molecule has 2 heterocycles. The SMILES string of the molecule is O=C(Nc1cc2c(cc1Cl)OCCO2)c1ccc2ncsc2c1. The van der Waals surface area contributed by atoms with Gasteiger partial charge in [0.15, 0.2) is 11.5 Å². The number of nitrogens with one attached hydrogen (secondary N) is 1. The first kappa shape index (κ1) is 14.3. The number of fused-ring (bicyclic) bond motifs is 2. The molecule has 2 aromatic carbocycles. The molecule has 0 bridgehead atoms. The first-order valence-electron chi connectivity index (χ1n) is 6.94. The molecule has 1 aromatic heterocycles. The number of aromatic nitrogens is 1. The molecule has 7 heteroatoms. The molecule has 23 heavy (non-hydrogen) atoms. The third kappa shape index (κ3) is 2.71. The van der Waals surface area contributed by atoms with E-state index in [1.807, 2.05) is 12.1 Å². The van der Waals surface area contributed by atoms with E-state index in [2.05, 4.69) is 10.3 Å². The Morgan fingerprint density at radius 1 is 1.17 bits per heavy atom. The molecule has 0 saturated carbocycles. The van der Waals surface area contributed by atoms with Crippen molar-refractivity contribution in [2.24, 2.45) is 0 Å². The highest BCUT2D eigenvalue weighted by Gasteiger charge is 2.17. The molecular weight excluding hydrogens is 336 g/mol. The van der Waals surface area contributed by atoms with E-state index in [-0.39, 0.29) is 5.91 Å². The monoisotopic (exact) mass is 346 g/mol. The van der Waals surface area contributed by atoms with Crippen LogP contribution in [0.2, 0.25) is 5.02 Å². The van der Waals surface area contributed by atoms with Gasteiger partial charge in [-0.05, 0) is 18.2 Å². The summed E-state index contributed by atoms with van der Waals surface area (Å²) < 4.78 is 11.9. The summed E-state index contributed by atoms with van der Waals surface area (Å²) in [5.41, 5.74) is 3.67. The van der Waals surface area contributed by atoms with Gasteiger partial charge in [-0.1, -0.05) is 11.6 Å². The van der Waals surface area contributed by atoms with E-state index < -0.39 is 0 Å². The molecule has 116 valence electrons. The molecule has 0 saturated heterocycles. The van der Waals surface area contributed by atoms with Crippen molar-refractivity contribution in [1.29, 1.82) is 0 Å². The zero-order chi connectivity index (χ0) is 15.8. The summed E-state index contributed by atoms with van der Waals surface area (Å²) in [4.78, 5) is 16.6. The number of thiazole rings is 1. The number of carbonyl (C=O) groups is 1. The minimum absolute atomic E-state index is 0.237. The van der Waals surface area contributed by atoms with Crippen molar-refractivity contribution in [1.82, 2.24) is 4.98 Å². The summed E-state index contributed by atoms with van der Waals surface area (Å²) in [6.45, 7) is 0.966. The van der Waals surface area contributed by atoms with Gasteiger partial charge in [0, 0.05) is 17.7 Å². The number of carbonyl (C=O) groups excluding carboxylic acids is 1. The Morgan fingerprint density at radius 3 is 2.78 bits per heavy atom. The average molecular weight is 347 g/mol. The highest BCUT2D eigenvalue weighted by Crippen LogP contribution is 2.38. The van der Waals surface area contributed by atoms with E-state index in [9.17, 15) is 4.79 Å². The smallest absolute Gasteiger partial charge is 0.255 e. The number of anilines is 1. The van der Waals surface area contributed by atoms with Gasteiger partial charge in [-0.2, -0.15) is 0 Å². The number of rotatable bonds is 2. The van der Waals surface area contributed by atoms with Crippen molar-refractivity contribution in [2.45, 2.75) is 0 Å². The van der Waals surface area contributed by atoms with Crippen LogP contribution in [0.25, 0.3) is 10.2 Å². The van der Waals surface area contributed by atoms with Crippen LogP contribution in [0.3, 0.4) is 0 Å². The fourth-order valence-electron chi connectivity index (χ4n) is 2.35. The van der Waals surface area contributed by atoms with Crippen LogP contribution < -0.4 is 14.8 Å². The van der Waals surface area contributed by atoms with E-state index in [1.165, 1.54) is 11.3 Å². The summed E-state index contributed by atoms with van der Waals surface area (Å²) in [7, 11) is 0. The van der Waals surface area contributed by atoms with Gasteiger partial charge in [0.1, 0.15) is 13.2 Å². The molecule has 3 aromatic rings. The first-order valence-corrected chi connectivity index (χ1v) is 8.20. The Kier molecular flexibility index (Phi) is 3.55. The maximum absolute atomic E-state index is 12.4. The largest absolute Gasteiger partial charge is 0.486 e. The highest BCUT2D eigenvalue weighted by atomic mass is 35.5. The van der Waals surface area contributed by atoms with Crippen LogP contribution in [0.1, 0.15) is 10.4 Å². The second-order valence-corrected chi connectivity index (χ2v) is 6.26. The molecule has 0 atom stereocenters. The number of benzene rings is 2. The van der Waals surface area contributed by atoms with E-state index in [0.717, 1.165) is 10.2 Å². The lowest BCUT2D eigenvalue weighted by Gasteiger charge is -2.20. The second kappa shape index (κ2) is 5.72. The number of hydrogen-bond acceptors (Lipinski definition) is 5. The topological polar surface area (TPSA) is 60.5 Å². The lowest BCUT2D eigenvalue weighted by Crippen LogP contribution is -2.16. The van der Waals surface area contributed by atoms with Crippen LogP contribution in [0.4, 0.5) is 5.69 Å². The molecule has 0 aliphatic carbocycles. The van der Waals surface area contributed by atoms with Gasteiger partial charge in [0.2, 0.25) is 0 Å². The number of halogens is 1. The van der Waals surface area contributed by atoms with Crippen LogP contribution in [0.15, 0.2) is 35.8 Å². The molecule has 0 fully saturated rings.